The van der Waals surface area contributed by atoms with Crippen LogP contribution >= 0.6 is 0 Å². The molecule has 116 valence electrons. The van der Waals surface area contributed by atoms with E-state index in [0.29, 0.717) is 0 Å². The molecule has 0 rings (SSSR count). The molecule has 0 atom stereocenters. The Labute approximate surface area is 123 Å². The van der Waals surface area contributed by atoms with Crippen LogP contribution in [0, 0.1) is 5.92 Å². The highest BCUT2D eigenvalue weighted by molar-refractivity contribution is 4.61. The summed E-state index contributed by atoms with van der Waals surface area (Å²) in [7, 11) is 0. The first kappa shape index (κ1) is 19.0. The quantitative estimate of drug-likeness (QED) is 0.356. The average molecular weight is 270 g/mol. The van der Waals surface area contributed by atoms with Gasteiger partial charge in [-0.3, -0.25) is 0 Å². The summed E-state index contributed by atoms with van der Waals surface area (Å²) in [6, 6.07) is 0. The smallest absolute Gasteiger partial charge is 0.000438 e. The lowest BCUT2D eigenvalue weighted by molar-refractivity contribution is 0.233. The molecule has 0 heterocycles. The Kier molecular flexibility index (Phi) is 14.3. The second kappa shape index (κ2) is 14.4. The zero-order valence-corrected chi connectivity index (χ0v) is 14.2. The van der Waals surface area contributed by atoms with E-state index in [1.807, 2.05) is 0 Å². The second-order valence-electron chi connectivity index (χ2n) is 6.52. The number of rotatable bonds is 14. The first-order valence-electron chi connectivity index (χ1n) is 8.93. The molecule has 0 spiro atoms. The Balaban J connectivity index is 3.61. The third-order valence-electron chi connectivity index (χ3n) is 3.78. The maximum absolute atomic E-state index is 2.71. The topological polar surface area (TPSA) is 3.24 Å². The van der Waals surface area contributed by atoms with Crippen LogP contribution < -0.4 is 0 Å². The van der Waals surface area contributed by atoms with Crippen LogP contribution in [0.1, 0.15) is 91.9 Å². The summed E-state index contributed by atoms with van der Waals surface area (Å²) >= 11 is 0. The van der Waals surface area contributed by atoms with Crippen molar-refractivity contribution in [2.75, 3.05) is 19.6 Å². The summed E-state index contributed by atoms with van der Waals surface area (Å²) in [5.74, 6) is 0.811. The van der Waals surface area contributed by atoms with Crippen molar-refractivity contribution >= 4 is 0 Å². The summed E-state index contributed by atoms with van der Waals surface area (Å²) in [5.41, 5.74) is 0. The first-order valence-corrected chi connectivity index (χ1v) is 8.93. The van der Waals surface area contributed by atoms with Crippen LogP contribution in [-0.4, -0.2) is 24.5 Å². The van der Waals surface area contributed by atoms with Gasteiger partial charge < -0.3 is 4.90 Å². The van der Waals surface area contributed by atoms with Crippen molar-refractivity contribution in [3.8, 4) is 0 Å². The normalized spacial score (nSPS) is 11.7. The number of nitrogens with zero attached hydrogens (tertiary/aromatic N) is 1. The molecule has 19 heavy (non-hydrogen) atoms. The standard InChI is InChI=1S/C18H39N/c1-5-7-9-11-12-14-16-19(17-18(3)4)15-13-10-8-6-2/h18H,5-17H2,1-4H3. The third-order valence-corrected chi connectivity index (χ3v) is 3.78. The van der Waals surface area contributed by atoms with Crippen molar-refractivity contribution in [2.45, 2.75) is 91.9 Å². The zero-order chi connectivity index (χ0) is 14.3. The van der Waals surface area contributed by atoms with Crippen molar-refractivity contribution in [2.24, 2.45) is 5.92 Å². The van der Waals surface area contributed by atoms with E-state index in [1.54, 1.807) is 0 Å². The largest absolute Gasteiger partial charge is 0.303 e. The molecule has 0 aromatic rings. The van der Waals surface area contributed by atoms with Gasteiger partial charge in [-0.05, 0) is 31.8 Å². The van der Waals surface area contributed by atoms with E-state index in [2.05, 4.69) is 32.6 Å². The van der Waals surface area contributed by atoms with Crippen LogP contribution in [0.3, 0.4) is 0 Å². The minimum absolute atomic E-state index is 0.811. The van der Waals surface area contributed by atoms with Gasteiger partial charge in [0.25, 0.3) is 0 Å². The molecule has 0 aromatic heterocycles. The van der Waals surface area contributed by atoms with Crippen LogP contribution in [-0.2, 0) is 0 Å². The van der Waals surface area contributed by atoms with Gasteiger partial charge in [0.15, 0.2) is 0 Å². The molecule has 0 saturated heterocycles. The van der Waals surface area contributed by atoms with E-state index in [-0.39, 0.29) is 0 Å². The van der Waals surface area contributed by atoms with Gasteiger partial charge in [0, 0.05) is 6.54 Å². The molecule has 1 nitrogen and oxygen atoms in total. The fraction of sp³-hybridized carbons (Fsp3) is 1.00. The van der Waals surface area contributed by atoms with Gasteiger partial charge in [0.1, 0.15) is 0 Å². The summed E-state index contributed by atoms with van der Waals surface area (Å²) in [6.45, 7) is 13.2. The molecule has 0 aliphatic heterocycles. The fourth-order valence-corrected chi connectivity index (χ4v) is 2.69. The lowest BCUT2D eigenvalue weighted by Crippen LogP contribution is -2.30. The average Bonchev–Trinajstić information content (AvgIpc) is 2.37. The molecule has 0 bridgehead atoms. The summed E-state index contributed by atoms with van der Waals surface area (Å²) in [4.78, 5) is 2.71. The zero-order valence-electron chi connectivity index (χ0n) is 14.2. The molecule has 0 fully saturated rings. The first-order chi connectivity index (χ1) is 9.20. The van der Waals surface area contributed by atoms with E-state index in [1.165, 1.54) is 83.8 Å². The van der Waals surface area contributed by atoms with Crippen molar-refractivity contribution < 1.29 is 0 Å². The van der Waals surface area contributed by atoms with E-state index in [9.17, 15) is 0 Å². The maximum atomic E-state index is 2.71. The summed E-state index contributed by atoms with van der Waals surface area (Å²) in [5, 5.41) is 0. The Morgan fingerprint density at radius 2 is 1.05 bits per heavy atom. The minimum Gasteiger partial charge on any atom is -0.303 e. The van der Waals surface area contributed by atoms with E-state index in [0.717, 1.165) is 5.92 Å². The Morgan fingerprint density at radius 1 is 0.632 bits per heavy atom. The Morgan fingerprint density at radius 3 is 1.53 bits per heavy atom. The van der Waals surface area contributed by atoms with E-state index >= 15 is 0 Å². The molecule has 0 amide bonds. The summed E-state index contributed by atoms with van der Waals surface area (Å²) < 4.78 is 0. The molecule has 0 radical (unpaired) electrons. The van der Waals surface area contributed by atoms with Gasteiger partial charge >= 0.3 is 0 Å². The molecule has 0 unspecified atom stereocenters. The van der Waals surface area contributed by atoms with E-state index < -0.39 is 0 Å². The molecular weight excluding hydrogens is 230 g/mol. The molecule has 0 aromatic carbocycles. The van der Waals surface area contributed by atoms with E-state index in [4.69, 9.17) is 0 Å². The van der Waals surface area contributed by atoms with Crippen molar-refractivity contribution in [3.05, 3.63) is 0 Å². The third kappa shape index (κ3) is 14.2. The van der Waals surface area contributed by atoms with Crippen LogP contribution in [0.25, 0.3) is 0 Å². The summed E-state index contributed by atoms with van der Waals surface area (Å²) in [6.07, 6.45) is 14.1. The highest BCUT2D eigenvalue weighted by Gasteiger charge is 2.06. The molecule has 1 heteroatoms. The molecule has 0 aliphatic rings. The lowest BCUT2D eigenvalue weighted by Gasteiger charge is -2.24. The van der Waals surface area contributed by atoms with Crippen LogP contribution in [0.15, 0.2) is 0 Å². The molecule has 0 aliphatic carbocycles. The Hall–Kier alpha value is -0.0400. The van der Waals surface area contributed by atoms with Crippen molar-refractivity contribution in [3.63, 3.8) is 0 Å². The van der Waals surface area contributed by atoms with Crippen molar-refractivity contribution in [1.29, 1.82) is 0 Å². The molecular formula is C18H39N. The fourth-order valence-electron chi connectivity index (χ4n) is 2.69. The van der Waals surface area contributed by atoms with Gasteiger partial charge in [0.05, 0.1) is 0 Å². The predicted molar refractivity (Wildman–Crippen MR) is 88.8 cm³/mol. The van der Waals surface area contributed by atoms with Gasteiger partial charge in [-0.1, -0.05) is 79.1 Å². The minimum atomic E-state index is 0.811. The van der Waals surface area contributed by atoms with Crippen LogP contribution in [0.4, 0.5) is 0 Å². The number of hydrogen-bond acceptors (Lipinski definition) is 1. The van der Waals surface area contributed by atoms with Gasteiger partial charge in [-0.25, -0.2) is 0 Å². The number of unbranched alkanes of at least 4 members (excludes halogenated alkanes) is 8. The molecule has 0 N–H and O–H groups in total. The second-order valence-corrected chi connectivity index (χ2v) is 6.52. The van der Waals surface area contributed by atoms with Crippen LogP contribution in [0.5, 0.6) is 0 Å². The number of hydrogen-bond donors (Lipinski definition) is 0. The Bertz CT molecular complexity index is 165. The van der Waals surface area contributed by atoms with Crippen molar-refractivity contribution in [1.82, 2.24) is 4.90 Å². The monoisotopic (exact) mass is 269 g/mol. The lowest BCUT2D eigenvalue weighted by atomic mass is 10.1. The van der Waals surface area contributed by atoms with Gasteiger partial charge in [-0.2, -0.15) is 0 Å². The predicted octanol–water partition coefficient (Wildman–Crippen LogP) is 5.89. The van der Waals surface area contributed by atoms with Gasteiger partial charge in [-0.15, -0.1) is 0 Å². The van der Waals surface area contributed by atoms with Gasteiger partial charge in [0.2, 0.25) is 0 Å². The highest BCUT2D eigenvalue weighted by Crippen LogP contribution is 2.09. The highest BCUT2D eigenvalue weighted by atomic mass is 15.1. The molecule has 0 saturated carbocycles. The maximum Gasteiger partial charge on any atom is 0.000438 e. The SMILES string of the molecule is CCCCCCCCN(CCCCCC)CC(C)C. The van der Waals surface area contributed by atoms with Crippen LogP contribution in [0.2, 0.25) is 0 Å².